The lowest BCUT2D eigenvalue weighted by Crippen LogP contribution is -2.49. The van der Waals surface area contributed by atoms with E-state index >= 15 is 0 Å². The molecule has 128 valence electrons. The van der Waals surface area contributed by atoms with Crippen molar-refractivity contribution in [2.24, 2.45) is 17.6 Å². The molecule has 0 saturated carbocycles. The second-order valence-corrected chi connectivity index (χ2v) is 6.04. The standard InChI is InChI=1S/C14H29N3O2.2ClH/c1-10(2)8-17-5-6-19-13(9-17)7-16-14(18)11(3)12(4)15;;/h10-13H,5-9,15H2,1-4H3,(H,16,18);2*1H. The van der Waals surface area contributed by atoms with Gasteiger partial charge in [0.15, 0.2) is 0 Å². The number of ether oxygens (including phenoxy) is 1. The highest BCUT2D eigenvalue weighted by Gasteiger charge is 2.23. The summed E-state index contributed by atoms with van der Waals surface area (Å²) in [4.78, 5) is 14.2. The van der Waals surface area contributed by atoms with Crippen molar-refractivity contribution in [3.63, 3.8) is 0 Å². The van der Waals surface area contributed by atoms with Crippen molar-refractivity contribution < 1.29 is 9.53 Å². The fourth-order valence-electron chi connectivity index (χ4n) is 2.20. The molecule has 1 saturated heterocycles. The highest BCUT2D eigenvalue weighted by atomic mass is 35.5. The first kappa shape index (κ1) is 23.2. The summed E-state index contributed by atoms with van der Waals surface area (Å²) in [6, 6.07) is -0.121. The van der Waals surface area contributed by atoms with Crippen molar-refractivity contribution in [1.82, 2.24) is 10.2 Å². The highest BCUT2D eigenvalue weighted by Crippen LogP contribution is 2.08. The molecule has 3 atom stereocenters. The Balaban J connectivity index is 0. The van der Waals surface area contributed by atoms with Crippen molar-refractivity contribution in [2.45, 2.75) is 39.8 Å². The van der Waals surface area contributed by atoms with Gasteiger partial charge in [-0.2, -0.15) is 0 Å². The molecule has 3 unspecified atom stereocenters. The molecule has 1 fully saturated rings. The minimum Gasteiger partial charge on any atom is -0.374 e. The molecule has 0 radical (unpaired) electrons. The van der Waals surface area contributed by atoms with Gasteiger partial charge in [0.05, 0.1) is 12.7 Å². The van der Waals surface area contributed by atoms with Crippen molar-refractivity contribution in [2.75, 3.05) is 32.8 Å². The number of halogens is 2. The summed E-state index contributed by atoms with van der Waals surface area (Å²) < 4.78 is 5.69. The first-order chi connectivity index (χ1) is 8.90. The minimum atomic E-state index is -0.157. The second kappa shape index (κ2) is 11.5. The van der Waals surface area contributed by atoms with Crippen LogP contribution in [-0.2, 0) is 9.53 Å². The predicted octanol–water partition coefficient (Wildman–Crippen LogP) is 1.29. The van der Waals surface area contributed by atoms with E-state index in [-0.39, 0.29) is 48.8 Å². The molecular formula is C14H31Cl2N3O2. The lowest BCUT2D eigenvalue weighted by molar-refractivity contribution is -0.126. The Morgan fingerprint density at radius 1 is 1.33 bits per heavy atom. The van der Waals surface area contributed by atoms with E-state index in [1.807, 2.05) is 13.8 Å². The number of carbonyl (C=O) groups is 1. The van der Waals surface area contributed by atoms with Gasteiger partial charge in [0.25, 0.3) is 0 Å². The molecule has 1 rings (SSSR count). The molecule has 0 aliphatic carbocycles. The predicted molar refractivity (Wildman–Crippen MR) is 91.3 cm³/mol. The molecule has 0 spiro atoms. The minimum absolute atomic E-state index is 0. The number of amides is 1. The fourth-order valence-corrected chi connectivity index (χ4v) is 2.20. The van der Waals surface area contributed by atoms with Crippen LogP contribution in [0.4, 0.5) is 0 Å². The third kappa shape index (κ3) is 8.83. The molecule has 21 heavy (non-hydrogen) atoms. The van der Waals surface area contributed by atoms with Crippen LogP contribution in [0, 0.1) is 11.8 Å². The molecule has 5 nitrogen and oxygen atoms in total. The third-order valence-corrected chi connectivity index (χ3v) is 3.55. The van der Waals surface area contributed by atoms with E-state index in [1.54, 1.807) is 0 Å². The Labute approximate surface area is 141 Å². The van der Waals surface area contributed by atoms with Gasteiger partial charge in [0.2, 0.25) is 5.91 Å². The lowest BCUT2D eigenvalue weighted by atomic mass is 10.0. The third-order valence-electron chi connectivity index (χ3n) is 3.55. The number of nitrogens with two attached hydrogens (primary N) is 1. The number of hydrogen-bond donors (Lipinski definition) is 2. The molecular weight excluding hydrogens is 313 g/mol. The maximum Gasteiger partial charge on any atom is 0.224 e. The number of nitrogens with zero attached hydrogens (tertiary/aromatic N) is 1. The van der Waals surface area contributed by atoms with Gasteiger partial charge in [0.1, 0.15) is 0 Å². The zero-order chi connectivity index (χ0) is 14.4. The summed E-state index contributed by atoms with van der Waals surface area (Å²) in [5, 5.41) is 2.94. The van der Waals surface area contributed by atoms with Gasteiger partial charge in [-0.15, -0.1) is 24.8 Å². The van der Waals surface area contributed by atoms with E-state index in [0.29, 0.717) is 12.5 Å². The van der Waals surface area contributed by atoms with E-state index in [2.05, 4.69) is 24.1 Å². The average Bonchev–Trinajstić information content (AvgIpc) is 2.34. The number of hydrogen-bond acceptors (Lipinski definition) is 4. The van der Waals surface area contributed by atoms with Crippen LogP contribution >= 0.6 is 24.8 Å². The molecule has 1 aliphatic rings. The fraction of sp³-hybridized carbons (Fsp3) is 0.929. The molecule has 1 aliphatic heterocycles. The van der Waals surface area contributed by atoms with Gasteiger partial charge in [-0.25, -0.2) is 0 Å². The normalized spacial score (nSPS) is 21.9. The van der Waals surface area contributed by atoms with Crippen LogP contribution in [0.2, 0.25) is 0 Å². The molecule has 1 amide bonds. The van der Waals surface area contributed by atoms with E-state index in [1.165, 1.54) is 0 Å². The topological polar surface area (TPSA) is 67.6 Å². The Morgan fingerprint density at radius 2 is 1.95 bits per heavy atom. The summed E-state index contributed by atoms with van der Waals surface area (Å²) in [7, 11) is 0. The lowest BCUT2D eigenvalue weighted by Gasteiger charge is -2.34. The van der Waals surface area contributed by atoms with Gasteiger partial charge in [-0.05, 0) is 12.8 Å². The maximum absolute atomic E-state index is 11.8. The smallest absolute Gasteiger partial charge is 0.224 e. The Morgan fingerprint density at radius 3 is 2.48 bits per heavy atom. The molecule has 7 heteroatoms. The van der Waals surface area contributed by atoms with Crippen LogP contribution < -0.4 is 11.1 Å². The van der Waals surface area contributed by atoms with E-state index in [9.17, 15) is 4.79 Å². The van der Waals surface area contributed by atoms with Crippen LogP contribution in [0.5, 0.6) is 0 Å². The van der Waals surface area contributed by atoms with E-state index in [0.717, 1.165) is 26.2 Å². The molecule has 3 N–H and O–H groups in total. The van der Waals surface area contributed by atoms with E-state index in [4.69, 9.17) is 10.5 Å². The van der Waals surface area contributed by atoms with Crippen molar-refractivity contribution >= 4 is 30.7 Å². The van der Waals surface area contributed by atoms with Crippen LogP contribution in [0.15, 0.2) is 0 Å². The summed E-state index contributed by atoms with van der Waals surface area (Å²) in [5.41, 5.74) is 5.72. The number of morpholine rings is 1. The van der Waals surface area contributed by atoms with Gasteiger partial charge < -0.3 is 15.8 Å². The summed E-state index contributed by atoms with van der Waals surface area (Å²) in [6.45, 7) is 12.4. The molecule has 0 aromatic heterocycles. The average molecular weight is 344 g/mol. The first-order valence-corrected chi connectivity index (χ1v) is 7.27. The second-order valence-electron chi connectivity index (χ2n) is 6.04. The number of nitrogens with one attached hydrogen (secondary N) is 1. The first-order valence-electron chi connectivity index (χ1n) is 7.27. The zero-order valence-corrected chi connectivity index (χ0v) is 15.1. The molecule has 0 bridgehead atoms. The molecule has 1 heterocycles. The van der Waals surface area contributed by atoms with Gasteiger partial charge in [0, 0.05) is 38.1 Å². The van der Waals surface area contributed by atoms with Gasteiger partial charge in [-0.3, -0.25) is 9.69 Å². The maximum atomic E-state index is 11.8. The molecule has 0 aromatic rings. The Kier molecular flexibility index (Phi) is 12.7. The van der Waals surface area contributed by atoms with Crippen molar-refractivity contribution in [3.05, 3.63) is 0 Å². The summed E-state index contributed by atoms with van der Waals surface area (Å²) in [5.74, 6) is 0.515. The van der Waals surface area contributed by atoms with Crippen LogP contribution in [-0.4, -0.2) is 55.7 Å². The summed E-state index contributed by atoms with van der Waals surface area (Å²) >= 11 is 0. The van der Waals surface area contributed by atoms with Crippen LogP contribution in [0.3, 0.4) is 0 Å². The van der Waals surface area contributed by atoms with Crippen LogP contribution in [0.1, 0.15) is 27.7 Å². The zero-order valence-electron chi connectivity index (χ0n) is 13.5. The number of carbonyl (C=O) groups excluding carboxylic acids is 1. The Hall–Kier alpha value is -0.0700. The molecule has 0 aromatic carbocycles. The SMILES string of the molecule is CC(C)CN1CCOC(CNC(=O)C(C)C(C)N)C1.Cl.Cl. The number of rotatable bonds is 6. The van der Waals surface area contributed by atoms with Crippen LogP contribution in [0.25, 0.3) is 0 Å². The van der Waals surface area contributed by atoms with Gasteiger partial charge >= 0.3 is 0 Å². The van der Waals surface area contributed by atoms with Gasteiger partial charge in [-0.1, -0.05) is 20.8 Å². The van der Waals surface area contributed by atoms with E-state index < -0.39 is 0 Å². The van der Waals surface area contributed by atoms with Crippen molar-refractivity contribution in [1.29, 1.82) is 0 Å². The Bertz CT molecular complexity index is 291. The quantitative estimate of drug-likeness (QED) is 0.762. The largest absolute Gasteiger partial charge is 0.374 e. The highest BCUT2D eigenvalue weighted by molar-refractivity contribution is 5.85. The van der Waals surface area contributed by atoms with Crippen molar-refractivity contribution in [3.8, 4) is 0 Å². The summed E-state index contributed by atoms with van der Waals surface area (Å²) in [6.07, 6.45) is 0.0942. The monoisotopic (exact) mass is 343 g/mol.